The zero-order valence-corrected chi connectivity index (χ0v) is 15.8. The normalized spacial score (nSPS) is 10.5. The Morgan fingerprint density at radius 2 is 1.68 bits per heavy atom. The number of hydrogen-bond acceptors (Lipinski definition) is 3. The highest BCUT2D eigenvalue weighted by Crippen LogP contribution is 2.20. The number of rotatable bonds is 12. The standard InChI is InChI=1S/C21H29ClN2O/c1-2-3-4-5-8-16-25-19-11-9-10-18(17-19)23-14-15-24-21-13-7-6-12-20(21)22/h6-7,9-13,17,23-24H,2-5,8,14-16H2,1H3. The Bertz CT molecular complexity index is 618. The molecule has 0 saturated heterocycles. The molecule has 0 unspecified atom stereocenters. The van der Waals surface area contributed by atoms with E-state index < -0.39 is 0 Å². The molecule has 0 amide bonds. The van der Waals surface area contributed by atoms with Crippen LogP contribution in [-0.4, -0.2) is 19.7 Å². The Balaban J connectivity index is 1.66. The summed E-state index contributed by atoms with van der Waals surface area (Å²) in [6, 6.07) is 15.9. The Labute approximate surface area is 156 Å². The predicted molar refractivity (Wildman–Crippen MR) is 109 cm³/mol. The number of benzene rings is 2. The first-order valence-corrected chi connectivity index (χ1v) is 9.62. The van der Waals surface area contributed by atoms with E-state index in [1.54, 1.807) is 0 Å². The zero-order chi connectivity index (χ0) is 17.7. The molecule has 0 saturated carbocycles. The van der Waals surface area contributed by atoms with E-state index in [4.69, 9.17) is 16.3 Å². The summed E-state index contributed by atoms with van der Waals surface area (Å²) in [4.78, 5) is 0. The molecule has 0 aromatic heterocycles. The van der Waals surface area contributed by atoms with Crippen LogP contribution >= 0.6 is 11.6 Å². The van der Waals surface area contributed by atoms with Crippen molar-refractivity contribution < 1.29 is 4.74 Å². The van der Waals surface area contributed by atoms with Gasteiger partial charge in [-0.3, -0.25) is 0 Å². The molecule has 136 valence electrons. The van der Waals surface area contributed by atoms with Crippen LogP contribution in [0.15, 0.2) is 48.5 Å². The topological polar surface area (TPSA) is 33.3 Å². The minimum Gasteiger partial charge on any atom is -0.494 e. The lowest BCUT2D eigenvalue weighted by Gasteiger charge is -2.11. The number of ether oxygens (including phenoxy) is 1. The molecule has 2 rings (SSSR count). The van der Waals surface area contributed by atoms with Crippen molar-refractivity contribution in [2.45, 2.75) is 39.0 Å². The monoisotopic (exact) mass is 360 g/mol. The van der Waals surface area contributed by atoms with Gasteiger partial charge < -0.3 is 15.4 Å². The van der Waals surface area contributed by atoms with Gasteiger partial charge in [0.25, 0.3) is 0 Å². The summed E-state index contributed by atoms with van der Waals surface area (Å²) in [5, 5.41) is 7.49. The van der Waals surface area contributed by atoms with E-state index in [0.29, 0.717) is 0 Å². The first-order chi connectivity index (χ1) is 12.3. The van der Waals surface area contributed by atoms with Crippen molar-refractivity contribution in [1.82, 2.24) is 0 Å². The van der Waals surface area contributed by atoms with Gasteiger partial charge in [-0.15, -0.1) is 0 Å². The van der Waals surface area contributed by atoms with Crippen molar-refractivity contribution in [3.63, 3.8) is 0 Å². The molecular formula is C21H29ClN2O. The second-order valence-corrected chi connectivity index (χ2v) is 6.53. The van der Waals surface area contributed by atoms with E-state index in [-0.39, 0.29) is 0 Å². The summed E-state index contributed by atoms with van der Waals surface area (Å²) in [6.45, 7) is 4.64. The van der Waals surface area contributed by atoms with E-state index in [2.05, 4.69) is 29.7 Å². The molecule has 0 aliphatic heterocycles. The van der Waals surface area contributed by atoms with Crippen molar-refractivity contribution >= 4 is 23.0 Å². The fourth-order valence-corrected chi connectivity index (χ4v) is 2.80. The highest BCUT2D eigenvalue weighted by atomic mass is 35.5. The number of hydrogen-bond donors (Lipinski definition) is 2. The van der Waals surface area contributed by atoms with E-state index in [0.717, 1.165) is 48.3 Å². The van der Waals surface area contributed by atoms with Gasteiger partial charge in [0.2, 0.25) is 0 Å². The van der Waals surface area contributed by atoms with Crippen molar-refractivity contribution in [2.75, 3.05) is 30.3 Å². The maximum atomic E-state index is 6.13. The highest BCUT2D eigenvalue weighted by Gasteiger charge is 1.99. The summed E-state index contributed by atoms with van der Waals surface area (Å²) in [7, 11) is 0. The van der Waals surface area contributed by atoms with Crippen molar-refractivity contribution in [3.8, 4) is 5.75 Å². The molecule has 0 spiro atoms. The SMILES string of the molecule is CCCCCCCOc1cccc(NCCNc2ccccc2Cl)c1. The Morgan fingerprint density at radius 1 is 0.880 bits per heavy atom. The van der Waals surface area contributed by atoms with Gasteiger partial charge in [0.05, 0.1) is 17.3 Å². The van der Waals surface area contributed by atoms with Crippen LogP contribution in [0.4, 0.5) is 11.4 Å². The molecule has 0 atom stereocenters. The first-order valence-electron chi connectivity index (χ1n) is 9.24. The molecule has 4 heteroatoms. The molecule has 0 radical (unpaired) electrons. The average molecular weight is 361 g/mol. The minimum absolute atomic E-state index is 0.747. The molecule has 2 N–H and O–H groups in total. The Morgan fingerprint density at radius 3 is 2.52 bits per heavy atom. The van der Waals surface area contributed by atoms with Crippen LogP contribution in [0.25, 0.3) is 0 Å². The predicted octanol–water partition coefficient (Wildman–Crippen LogP) is 6.21. The molecule has 2 aromatic carbocycles. The fourth-order valence-electron chi connectivity index (χ4n) is 2.60. The first kappa shape index (κ1) is 19.5. The number of nitrogens with one attached hydrogen (secondary N) is 2. The molecule has 0 aliphatic rings. The number of halogens is 1. The van der Waals surface area contributed by atoms with Crippen molar-refractivity contribution in [3.05, 3.63) is 53.6 Å². The van der Waals surface area contributed by atoms with Gasteiger partial charge in [-0.2, -0.15) is 0 Å². The van der Waals surface area contributed by atoms with Crippen LogP contribution in [0.1, 0.15) is 39.0 Å². The van der Waals surface area contributed by atoms with Gasteiger partial charge in [-0.05, 0) is 30.7 Å². The lowest BCUT2D eigenvalue weighted by molar-refractivity contribution is 0.304. The summed E-state index contributed by atoms with van der Waals surface area (Å²) in [5.41, 5.74) is 2.04. The van der Waals surface area contributed by atoms with Crippen LogP contribution in [0.2, 0.25) is 5.02 Å². The molecule has 0 bridgehead atoms. The second-order valence-electron chi connectivity index (χ2n) is 6.12. The molecular weight excluding hydrogens is 332 g/mol. The van der Waals surface area contributed by atoms with E-state index in [1.165, 1.54) is 25.7 Å². The average Bonchev–Trinajstić information content (AvgIpc) is 2.63. The third-order valence-corrected chi connectivity index (χ3v) is 4.32. The lowest BCUT2D eigenvalue weighted by Crippen LogP contribution is -2.13. The number of para-hydroxylation sites is 1. The van der Waals surface area contributed by atoms with Crippen LogP contribution in [0.5, 0.6) is 5.75 Å². The fraction of sp³-hybridized carbons (Fsp3) is 0.429. The van der Waals surface area contributed by atoms with Gasteiger partial charge in [0.15, 0.2) is 0 Å². The minimum atomic E-state index is 0.747. The van der Waals surface area contributed by atoms with Crippen LogP contribution in [0, 0.1) is 0 Å². The van der Waals surface area contributed by atoms with Gasteiger partial charge in [0.1, 0.15) is 5.75 Å². The zero-order valence-electron chi connectivity index (χ0n) is 15.1. The maximum Gasteiger partial charge on any atom is 0.121 e. The van der Waals surface area contributed by atoms with Crippen LogP contribution < -0.4 is 15.4 Å². The van der Waals surface area contributed by atoms with Crippen LogP contribution in [-0.2, 0) is 0 Å². The molecule has 2 aromatic rings. The molecule has 0 fully saturated rings. The smallest absolute Gasteiger partial charge is 0.121 e. The van der Waals surface area contributed by atoms with Crippen molar-refractivity contribution in [2.24, 2.45) is 0 Å². The van der Waals surface area contributed by atoms with Gasteiger partial charge in [-0.1, -0.05) is 62.4 Å². The summed E-state index contributed by atoms with van der Waals surface area (Å²) >= 11 is 6.13. The summed E-state index contributed by atoms with van der Waals surface area (Å²) < 4.78 is 5.85. The summed E-state index contributed by atoms with van der Waals surface area (Å²) in [6.07, 6.45) is 6.28. The van der Waals surface area contributed by atoms with E-state index in [9.17, 15) is 0 Å². The number of anilines is 2. The Hall–Kier alpha value is -1.87. The third kappa shape index (κ3) is 7.70. The van der Waals surface area contributed by atoms with Crippen LogP contribution in [0.3, 0.4) is 0 Å². The van der Waals surface area contributed by atoms with Gasteiger partial charge in [-0.25, -0.2) is 0 Å². The molecule has 3 nitrogen and oxygen atoms in total. The summed E-state index contributed by atoms with van der Waals surface area (Å²) in [5.74, 6) is 0.930. The maximum absolute atomic E-state index is 6.13. The van der Waals surface area contributed by atoms with Gasteiger partial charge >= 0.3 is 0 Å². The molecule has 0 heterocycles. The highest BCUT2D eigenvalue weighted by molar-refractivity contribution is 6.33. The number of unbranched alkanes of at least 4 members (excludes halogenated alkanes) is 4. The molecule has 25 heavy (non-hydrogen) atoms. The Kier molecular flexibility index (Phi) is 9.06. The quantitative estimate of drug-likeness (QED) is 0.441. The lowest BCUT2D eigenvalue weighted by atomic mass is 10.2. The molecule has 0 aliphatic carbocycles. The largest absolute Gasteiger partial charge is 0.494 e. The van der Waals surface area contributed by atoms with Gasteiger partial charge in [0, 0.05) is 24.8 Å². The van der Waals surface area contributed by atoms with E-state index >= 15 is 0 Å². The van der Waals surface area contributed by atoms with Crippen molar-refractivity contribution in [1.29, 1.82) is 0 Å². The van der Waals surface area contributed by atoms with E-state index in [1.807, 2.05) is 36.4 Å². The second kappa shape index (κ2) is 11.6. The third-order valence-electron chi connectivity index (χ3n) is 3.99.